The Kier molecular flexibility index (Phi) is 4.19. The van der Waals surface area contributed by atoms with Crippen LogP contribution in [-0.2, 0) is 0 Å². The Morgan fingerprint density at radius 1 is 1.26 bits per heavy atom. The summed E-state index contributed by atoms with van der Waals surface area (Å²) in [6.07, 6.45) is 2.65. The Labute approximate surface area is 117 Å². The van der Waals surface area contributed by atoms with E-state index < -0.39 is 0 Å². The lowest BCUT2D eigenvalue weighted by molar-refractivity contribution is 0.141. The minimum atomic E-state index is 0.289. The topological polar surface area (TPSA) is 21.3 Å². The molecule has 2 heteroatoms. The third-order valence-electron chi connectivity index (χ3n) is 4.48. The summed E-state index contributed by atoms with van der Waals surface area (Å²) in [5, 5.41) is 3.61. The number of rotatable bonds is 4. The number of hydrogen-bond acceptors (Lipinski definition) is 2. The van der Waals surface area contributed by atoms with Gasteiger partial charge in [0.15, 0.2) is 0 Å². The molecule has 0 saturated heterocycles. The summed E-state index contributed by atoms with van der Waals surface area (Å²) in [4.78, 5) is 0. The van der Waals surface area contributed by atoms with Crippen molar-refractivity contribution in [3.8, 4) is 5.75 Å². The monoisotopic (exact) mass is 261 g/mol. The molecule has 0 amide bonds. The fourth-order valence-electron chi connectivity index (χ4n) is 3.06. The van der Waals surface area contributed by atoms with Gasteiger partial charge in [-0.25, -0.2) is 0 Å². The van der Waals surface area contributed by atoms with Crippen molar-refractivity contribution in [2.75, 3.05) is 6.54 Å². The molecule has 19 heavy (non-hydrogen) atoms. The minimum absolute atomic E-state index is 0.289. The number of nitrogens with one attached hydrogen (secondary N) is 1. The Bertz CT molecular complexity index is 439. The lowest BCUT2D eigenvalue weighted by Crippen LogP contribution is -2.46. The second-order valence-corrected chi connectivity index (χ2v) is 6.46. The van der Waals surface area contributed by atoms with E-state index in [1.54, 1.807) is 0 Å². The van der Waals surface area contributed by atoms with Crippen LogP contribution in [0.3, 0.4) is 0 Å². The molecule has 0 spiro atoms. The van der Waals surface area contributed by atoms with E-state index in [-0.39, 0.29) is 6.10 Å². The third-order valence-corrected chi connectivity index (χ3v) is 4.48. The average molecular weight is 261 g/mol. The molecule has 1 aromatic carbocycles. The molecule has 1 aliphatic rings. The van der Waals surface area contributed by atoms with E-state index in [0.29, 0.717) is 11.5 Å². The van der Waals surface area contributed by atoms with E-state index in [1.807, 2.05) is 0 Å². The van der Waals surface area contributed by atoms with Gasteiger partial charge in [-0.2, -0.15) is 0 Å². The normalized spacial score (nSPS) is 25.5. The first-order chi connectivity index (χ1) is 8.94. The fourth-order valence-corrected chi connectivity index (χ4v) is 3.06. The zero-order valence-corrected chi connectivity index (χ0v) is 12.9. The van der Waals surface area contributed by atoms with Gasteiger partial charge in [-0.15, -0.1) is 0 Å². The van der Waals surface area contributed by atoms with Gasteiger partial charge in [0.25, 0.3) is 0 Å². The Morgan fingerprint density at radius 3 is 2.63 bits per heavy atom. The van der Waals surface area contributed by atoms with E-state index in [4.69, 9.17) is 4.74 Å². The van der Waals surface area contributed by atoms with Gasteiger partial charge in [0.05, 0.1) is 0 Å². The van der Waals surface area contributed by atoms with E-state index in [0.717, 1.165) is 18.7 Å². The van der Waals surface area contributed by atoms with Crippen LogP contribution in [0.4, 0.5) is 0 Å². The van der Waals surface area contributed by atoms with Gasteiger partial charge in [-0.1, -0.05) is 26.8 Å². The number of hydrogen-bond donors (Lipinski definition) is 1. The molecule has 0 aliphatic heterocycles. The number of benzene rings is 1. The van der Waals surface area contributed by atoms with Crippen LogP contribution < -0.4 is 10.1 Å². The summed E-state index contributed by atoms with van der Waals surface area (Å²) in [6.45, 7) is 12.1. The van der Waals surface area contributed by atoms with Crippen molar-refractivity contribution in [2.45, 2.75) is 59.6 Å². The van der Waals surface area contributed by atoms with Crippen molar-refractivity contribution in [1.82, 2.24) is 5.32 Å². The second kappa shape index (κ2) is 5.54. The van der Waals surface area contributed by atoms with Crippen LogP contribution in [0.2, 0.25) is 0 Å². The molecule has 0 radical (unpaired) electrons. The van der Waals surface area contributed by atoms with Gasteiger partial charge < -0.3 is 10.1 Å². The van der Waals surface area contributed by atoms with E-state index >= 15 is 0 Å². The van der Waals surface area contributed by atoms with Crippen LogP contribution in [0.1, 0.15) is 44.7 Å². The van der Waals surface area contributed by atoms with Crippen molar-refractivity contribution in [3.63, 3.8) is 0 Å². The highest BCUT2D eigenvalue weighted by Gasteiger charge is 2.42. The Hall–Kier alpha value is -1.02. The number of likely N-dealkylation sites (N-methyl/N-ethyl adjacent to an activating group) is 1. The SMILES string of the molecule is CCNC1C(Oc2ccc(C)c(C)c2)CCC1(C)C. The minimum Gasteiger partial charge on any atom is -0.489 e. The first-order valence-corrected chi connectivity index (χ1v) is 7.41. The van der Waals surface area contributed by atoms with Gasteiger partial charge >= 0.3 is 0 Å². The van der Waals surface area contributed by atoms with Crippen molar-refractivity contribution in [3.05, 3.63) is 29.3 Å². The standard InChI is InChI=1S/C17H27NO/c1-6-18-16-15(9-10-17(16,4)5)19-14-8-7-12(2)13(3)11-14/h7-8,11,15-16,18H,6,9-10H2,1-5H3. The van der Waals surface area contributed by atoms with Crippen LogP contribution in [-0.4, -0.2) is 18.7 Å². The van der Waals surface area contributed by atoms with Crippen LogP contribution in [0.5, 0.6) is 5.75 Å². The molecule has 0 heterocycles. The van der Waals surface area contributed by atoms with Crippen molar-refractivity contribution >= 4 is 0 Å². The van der Waals surface area contributed by atoms with Crippen molar-refractivity contribution in [2.24, 2.45) is 5.41 Å². The summed E-state index contributed by atoms with van der Waals surface area (Å²) in [5.41, 5.74) is 2.94. The molecule has 1 fully saturated rings. The smallest absolute Gasteiger partial charge is 0.120 e. The predicted molar refractivity (Wildman–Crippen MR) is 80.8 cm³/mol. The van der Waals surface area contributed by atoms with Gasteiger partial charge in [0.1, 0.15) is 11.9 Å². The highest BCUT2D eigenvalue weighted by atomic mass is 16.5. The van der Waals surface area contributed by atoms with Gasteiger partial charge in [-0.3, -0.25) is 0 Å². The first-order valence-electron chi connectivity index (χ1n) is 7.41. The van der Waals surface area contributed by atoms with Crippen molar-refractivity contribution < 1.29 is 4.74 Å². The fraction of sp³-hybridized carbons (Fsp3) is 0.647. The van der Waals surface area contributed by atoms with Crippen molar-refractivity contribution in [1.29, 1.82) is 0 Å². The quantitative estimate of drug-likeness (QED) is 0.889. The van der Waals surface area contributed by atoms with Crippen LogP contribution in [0, 0.1) is 19.3 Å². The molecular weight excluding hydrogens is 234 g/mol. The molecule has 1 aliphatic carbocycles. The third kappa shape index (κ3) is 3.11. The van der Waals surface area contributed by atoms with Gasteiger partial charge in [-0.05, 0) is 61.9 Å². The van der Waals surface area contributed by atoms with E-state index in [1.165, 1.54) is 17.5 Å². The summed E-state index contributed by atoms with van der Waals surface area (Å²) in [7, 11) is 0. The zero-order valence-electron chi connectivity index (χ0n) is 12.9. The highest BCUT2D eigenvalue weighted by molar-refractivity contribution is 5.34. The Balaban J connectivity index is 2.11. The lowest BCUT2D eigenvalue weighted by atomic mass is 9.87. The lowest BCUT2D eigenvalue weighted by Gasteiger charge is -2.31. The molecule has 106 valence electrons. The van der Waals surface area contributed by atoms with E-state index in [2.05, 4.69) is 58.1 Å². The number of ether oxygens (including phenoxy) is 1. The molecule has 0 aromatic heterocycles. The second-order valence-electron chi connectivity index (χ2n) is 6.46. The maximum atomic E-state index is 6.25. The molecule has 2 unspecified atom stereocenters. The summed E-state index contributed by atoms with van der Waals surface area (Å²) >= 11 is 0. The molecule has 1 N–H and O–H groups in total. The van der Waals surface area contributed by atoms with Crippen LogP contribution >= 0.6 is 0 Å². The van der Waals surface area contributed by atoms with Crippen LogP contribution in [0.15, 0.2) is 18.2 Å². The largest absolute Gasteiger partial charge is 0.489 e. The molecule has 0 bridgehead atoms. The zero-order chi connectivity index (χ0) is 14.0. The van der Waals surface area contributed by atoms with Gasteiger partial charge in [0.2, 0.25) is 0 Å². The predicted octanol–water partition coefficient (Wildman–Crippen LogP) is 3.85. The molecule has 1 saturated carbocycles. The highest BCUT2D eigenvalue weighted by Crippen LogP contribution is 2.39. The average Bonchev–Trinajstić information content (AvgIpc) is 2.62. The summed E-state index contributed by atoms with van der Waals surface area (Å²) in [6, 6.07) is 6.84. The molecule has 2 rings (SSSR count). The molecular formula is C17H27NO. The van der Waals surface area contributed by atoms with Crippen LogP contribution in [0.25, 0.3) is 0 Å². The Morgan fingerprint density at radius 2 is 2.00 bits per heavy atom. The molecule has 1 aromatic rings. The maximum absolute atomic E-state index is 6.25. The molecule has 2 atom stereocenters. The molecule has 2 nitrogen and oxygen atoms in total. The van der Waals surface area contributed by atoms with Gasteiger partial charge in [0, 0.05) is 6.04 Å². The first kappa shape index (κ1) is 14.4. The maximum Gasteiger partial charge on any atom is 0.120 e. The summed E-state index contributed by atoms with van der Waals surface area (Å²) < 4.78 is 6.25. The summed E-state index contributed by atoms with van der Waals surface area (Å²) in [5.74, 6) is 1.01. The number of aryl methyl sites for hydroxylation is 2. The van der Waals surface area contributed by atoms with E-state index in [9.17, 15) is 0 Å².